The molecule has 2 aromatic carbocycles. The Labute approximate surface area is 189 Å². The van der Waals surface area contributed by atoms with Crippen LogP contribution in [0, 0.1) is 17.1 Å². The van der Waals surface area contributed by atoms with Gasteiger partial charge in [-0.15, -0.1) is 0 Å². The molecule has 1 amide bonds. The maximum absolute atomic E-state index is 13.6. The normalized spacial score (nSPS) is 10.7. The van der Waals surface area contributed by atoms with E-state index in [1.165, 1.54) is 12.1 Å². The molecule has 0 heterocycles. The van der Waals surface area contributed by atoms with E-state index in [0.717, 1.165) is 6.42 Å². The number of methoxy groups -OCH3 is 1. The van der Waals surface area contributed by atoms with E-state index >= 15 is 0 Å². The standard InChI is InChI=1S/C25H31FN2O4/c1-17(2)28(18(3)4)25(29)19-9-11-23(24(14-19)30-5)32-13-7-6-12-31-21-10-8-20(16-27)22(26)15-21/h8-11,14-15,17-18H,6-7,12-13H2,1-5H3. The van der Waals surface area contributed by atoms with Crippen molar-refractivity contribution in [3.63, 3.8) is 0 Å². The third-order valence-corrected chi connectivity index (χ3v) is 4.88. The van der Waals surface area contributed by atoms with Gasteiger partial charge in [-0.25, -0.2) is 4.39 Å². The quantitative estimate of drug-likeness (QED) is 0.447. The molecule has 2 aromatic rings. The predicted molar refractivity (Wildman–Crippen MR) is 121 cm³/mol. The Bertz CT molecular complexity index is 945. The van der Waals surface area contributed by atoms with Gasteiger partial charge in [-0.3, -0.25) is 4.79 Å². The van der Waals surface area contributed by atoms with Gasteiger partial charge < -0.3 is 19.1 Å². The Kier molecular flexibility index (Phi) is 9.33. The van der Waals surface area contributed by atoms with E-state index in [1.54, 1.807) is 37.4 Å². The van der Waals surface area contributed by atoms with E-state index in [9.17, 15) is 9.18 Å². The lowest BCUT2D eigenvalue weighted by Crippen LogP contribution is -2.42. The van der Waals surface area contributed by atoms with Crippen LogP contribution in [0.1, 0.15) is 56.5 Å². The monoisotopic (exact) mass is 442 g/mol. The second-order valence-corrected chi connectivity index (χ2v) is 7.92. The molecule has 0 bridgehead atoms. The van der Waals surface area contributed by atoms with Crippen LogP contribution in [0.5, 0.6) is 17.2 Å². The van der Waals surface area contributed by atoms with E-state index in [4.69, 9.17) is 19.5 Å². The molecule has 0 radical (unpaired) electrons. The van der Waals surface area contributed by atoms with Crippen molar-refractivity contribution in [2.24, 2.45) is 0 Å². The Hall–Kier alpha value is -3.27. The van der Waals surface area contributed by atoms with Gasteiger partial charge in [-0.1, -0.05) is 0 Å². The summed E-state index contributed by atoms with van der Waals surface area (Å²) in [5, 5.41) is 8.75. The van der Waals surface area contributed by atoms with Gasteiger partial charge in [0.25, 0.3) is 5.91 Å². The minimum absolute atomic E-state index is 0.00599. The molecule has 32 heavy (non-hydrogen) atoms. The zero-order valence-electron chi connectivity index (χ0n) is 19.4. The molecule has 0 fully saturated rings. The SMILES string of the molecule is COc1cc(C(=O)N(C(C)C)C(C)C)ccc1OCCCCOc1ccc(C#N)c(F)c1. The number of nitrogens with zero attached hydrogens (tertiary/aromatic N) is 2. The summed E-state index contributed by atoms with van der Waals surface area (Å²) in [6, 6.07) is 11.4. The summed E-state index contributed by atoms with van der Waals surface area (Å²) in [6.07, 6.45) is 1.43. The van der Waals surface area contributed by atoms with E-state index in [-0.39, 0.29) is 23.6 Å². The van der Waals surface area contributed by atoms with Crippen molar-refractivity contribution >= 4 is 5.91 Å². The zero-order chi connectivity index (χ0) is 23.7. The van der Waals surface area contributed by atoms with Crippen molar-refractivity contribution in [2.75, 3.05) is 20.3 Å². The predicted octanol–water partition coefficient (Wildman–Crippen LogP) is 5.20. The smallest absolute Gasteiger partial charge is 0.254 e. The Morgan fingerprint density at radius 3 is 2.22 bits per heavy atom. The van der Waals surface area contributed by atoms with Crippen molar-refractivity contribution in [3.8, 4) is 23.3 Å². The number of amides is 1. The van der Waals surface area contributed by atoms with Crippen LogP contribution < -0.4 is 14.2 Å². The van der Waals surface area contributed by atoms with Gasteiger partial charge in [0.2, 0.25) is 0 Å². The van der Waals surface area contributed by atoms with Crippen LogP contribution in [0.2, 0.25) is 0 Å². The number of ether oxygens (including phenoxy) is 3. The van der Waals surface area contributed by atoms with Crippen molar-refractivity contribution in [2.45, 2.75) is 52.6 Å². The number of hydrogen-bond donors (Lipinski definition) is 0. The van der Waals surface area contributed by atoms with Crippen LogP contribution in [-0.4, -0.2) is 43.2 Å². The second kappa shape index (κ2) is 11.9. The molecule has 0 spiro atoms. The molecular formula is C25H31FN2O4. The van der Waals surface area contributed by atoms with Crippen molar-refractivity contribution < 1.29 is 23.4 Å². The Morgan fingerprint density at radius 1 is 1.00 bits per heavy atom. The fourth-order valence-corrected chi connectivity index (χ4v) is 3.39. The molecule has 0 aliphatic heterocycles. The third-order valence-electron chi connectivity index (χ3n) is 4.88. The summed E-state index contributed by atoms with van der Waals surface area (Å²) in [4.78, 5) is 14.7. The molecule has 0 aliphatic carbocycles. The zero-order valence-corrected chi connectivity index (χ0v) is 19.4. The van der Waals surface area contributed by atoms with Gasteiger partial charge in [-0.2, -0.15) is 5.26 Å². The second-order valence-electron chi connectivity index (χ2n) is 7.92. The molecular weight excluding hydrogens is 411 g/mol. The first kappa shape index (κ1) is 25.0. The number of rotatable bonds is 11. The Balaban J connectivity index is 1.86. The van der Waals surface area contributed by atoms with Crippen molar-refractivity contribution in [3.05, 3.63) is 53.3 Å². The molecule has 0 aliphatic rings. The molecule has 6 nitrogen and oxygen atoms in total. The summed E-state index contributed by atoms with van der Waals surface area (Å²) >= 11 is 0. The largest absolute Gasteiger partial charge is 0.493 e. The first-order valence-electron chi connectivity index (χ1n) is 10.7. The van der Waals surface area contributed by atoms with E-state index in [1.807, 2.05) is 32.6 Å². The summed E-state index contributed by atoms with van der Waals surface area (Å²) in [5.74, 6) is 0.831. The first-order valence-corrected chi connectivity index (χ1v) is 10.7. The Morgan fingerprint density at radius 2 is 1.66 bits per heavy atom. The highest BCUT2D eigenvalue weighted by atomic mass is 19.1. The van der Waals surface area contributed by atoms with Gasteiger partial charge in [0, 0.05) is 23.7 Å². The fraction of sp³-hybridized carbons (Fsp3) is 0.440. The van der Waals surface area contributed by atoms with Gasteiger partial charge in [0.1, 0.15) is 17.6 Å². The summed E-state index contributed by atoms with van der Waals surface area (Å²) in [5.41, 5.74) is 0.549. The van der Waals surface area contributed by atoms with E-state index in [0.29, 0.717) is 42.4 Å². The van der Waals surface area contributed by atoms with Crippen LogP contribution in [-0.2, 0) is 0 Å². The molecule has 0 saturated carbocycles. The average molecular weight is 443 g/mol. The van der Waals surface area contributed by atoms with Crippen molar-refractivity contribution in [1.82, 2.24) is 4.90 Å². The molecule has 172 valence electrons. The van der Waals surface area contributed by atoms with Crippen LogP contribution in [0.25, 0.3) is 0 Å². The molecule has 2 rings (SSSR count). The maximum atomic E-state index is 13.6. The van der Waals surface area contributed by atoms with Crippen molar-refractivity contribution in [1.29, 1.82) is 5.26 Å². The highest BCUT2D eigenvalue weighted by Crippen LogP contribution is 2.29. The lowest BCUT2D eigenvalue weighted by atomic mass is 10.1. The molecule has 0 aromatic heterocycles. The average Bonchev–Trinajstić information content (AvgIpc) is 2.75. The minimum Gasteiger partial charge on any atom is -0.493 e. The molecule has 0 atom stereocenters. The van der Waals surface area contributed by atoms with Crippen LogP contribution >= 0.6 is 0 Å². The van der Waals surface area contributed by atoms with E-state index in [2.05, 4.69) is 0 Å². The maximum Gasteiger partial charge on any atom is 0.254 e. The lowest BCUT2D eigenvalue weighted by molar-refractivity contribution is 0.0643. The molecule has 0 N–H and O–H groups in total. The van der Waals surface area contributed by atoms with Crippen LogP contribution in [0.3, 0.4) is 0 Å². The fourth-order valence-electron chi connectivity index (χ4n) is 3.39. The van der Waals surface area contributed by atoms with Gasteiger partial charge in [0.15, 0.2) is 11.5 Å². The summed E-state index contributed by atoms with van der Waals surface area (Å²) in [7, 11) is 1.55. The highest BCUT2D eigenvalue weighted by Gasteiger charge is 2.22. The number of unbranched alkanes of at least 4 members (excludes halogenated alkanes) is 1. The number of halogens is 1. The van der Waals surface area contributed by atoms with Gasteiger partial charge >= 0.3 is 0 Å². The summed E-state index contributed by atoms with van der Waals surface area (Å²) < 4.78 is 30.3. The van der Waals surface area contributed by atoms with Crippen LogP contribution in [0.4, 0.5) is 4.39 Å². The molecule has 7 heteroatoms. The number of carbonyl (C=O) groups is 1. The highest BCUT2D eigenvalue weighted by molar-refractivity contribution is 5.95. The third kappa shape index (κ3) is 6.61. The summed E-state index contributed by atoms with van der Waals surface area (Å²) in [6.45, 7) is 8.82. The number of nitriles is 1. The number of benzene rings is 2. The topological polar surface area (TPSA) is 71.8 Å². The first-order chi connectivity index (χ1) is 15.3. The number of carbonyl (C=O) groups excluding carboxylic acids is 1. The number of hydrogen-bond acceptors (Lipinski definition) is 5. The molecule has 0 unspecified atom stereocenters. The molecule has 0 saturated heterocycles. The van der Waals surface area contributed by atoms with Crippen LogP contribution in [0.15, 0.2) is 36.4 Å². The van der Waals surface area contributed by atoms with Gasteiger partial charge in [0.05, 0.1) is 25.9 Å². The lowest BCUT2D eigenvalue weighted by Gasteiger charge is -2.31. The van der Waals surface area contributed by atoms with E-state index < -0.39 is 5.82 Å². The minimum atomic E-state index is -0.590. The van der Waals surface area contributed by atoms with Gasteiger partial charge in [-0.05, 0) is 70.9 Å².